The van der Waals surface area contributed by atoms with E-state index in [1.165, 1.54) is 24.0 Å². The molecule has 13 heavy (non-hydrogen) atoms. The average molecular weight is 171 g/mol. The van der Waals surface area contributed by atoms with Crippen LogP contribution in [0.15, 0.2) is 36.4 Å². The van der Waals surface area contributed by atoms with E-state index in [0.717, 1.165) is 0 Å². The number of hydrogen-bond acceptors (Lipinski definition) is 0. The third kappa shape index (κ3) is 1.67. The predicted octanol–water partition coefficient (Wildman–Crippen LogP) is 3.69. The molecule has 0 saturated heterocycles. The van der Waals surface area contributed by atoms with Crippen LogP contribution < -0.4 is 0 Å². The van der Waals surface area contributed by atoms with E-state index in [0.29, 0.717) is 5.92 Å². The minimum absolute atomic E-state index is 0.645. The highest BCUT2D eigenvalue weighted by Gasteiger charge is 2.13. The van der Waals surface area contributed by atoms with Crippen LogP contribution in [0.4, 0.5) is 0 Å². The molecule has 1 unspecified atom stereocenters. The summed E-state index contributed by atoms with van der Waals surface area (Å²) in [6, 6.07) is 8.68. The topological polar surface area (TPSA) is 0 Å². The molecule has 0 heteroatoms. The molecule has 1 aromatic rings. The molecule has 0 bridgehead atoms. The number of hydrogen-bond donors (Lipinski definition) is 0. The average Bonchev–Trinajstić information content (AvgIpc) is 2.19. The summed E-state index contributed by atoms with van der Waals surface area (Å²) in [6.45, 7) is 2.24. The van der Waals surface area contributed by atoms with Crippen molar-refractivity contribution in [2.75, 3.05) is 0 Å². The highest BCUT2D eigenvalue weighted by molar-refractivity contribution is 5.44. The summed E-state index contributed by atoms with van der Waals surface area (Å²) >= 11 is 0. The van der Waals surface area contributed by atoms with E-state index in [1.54, 1.807) is 0 Å². The molecular formula is C13H15. The van der Waals surface area contributed by atoms with Crippen LogP contribution in [0.1, 0.15) is 36.8 Å². The molecule has 0 nitrogen and oxygen atoms in total. The van der Waals surface area contributed by atoms with Gasteiger partial charge in [0.25, 0.3) is 0 Å². The molecule has 1 aromatic carbocycles. The Morgan fingerprint density at radius 1 is 1.23 bits per heavy atom. The number of fused-ring (bicyclic) bond motifs is 1. The minimum Gasteiger partial charge on any atom is -0.0804 e. The van der Waals surface area contributed by atoms with Crippen molar-refractivity contribution in [3.05, 3.63) is 54.0 Å². The van der Waals surface area contributed by atoms with Crippen molar-refractivity contribution in [2.24, 2.45) is 0 Å². The molecular weight excluding hydrogens is 156 g/mol. The molecule has 1 aliphatic carbocycles. The first kappa shape index (κ1) is 8.55. The maximum Gasteiger partial charge on any atom is 0.0125 e. The van der Waals surface area contributed by atoms with Crippen molar-refractivity contribution in [1.29, 1.82) is 0 Å². The first-order chi connectivity index (χ1) is 6.42. The Kier molecular flexibility index (Phi) is 2.49. The Balaban J connectivity index is 2.31. The molecule has 67 valence electrons. The van der Waals surface area contributed by atoms with Crippen molar-refractivity contribution >= 4 is 0 Å². The van der Waals surface area contributed by atoms with Gasteiger partial charge in [0, 0.05) is 12.3 Å². The fraction of sp³-hybridized carbons (Fsp3) is 0.308. The Bertz CT molecular complexity index is 310. The van der Waals surface area contributed by atoms with E-state index in [-0.39, 0.29) is 0 Å². The van der Waals surface area contributed by atoms with Crippen molar-refractivity contribution < 1.29 is 0 Å². The molecule has 1 atom stereocenters. The van der Waals surface area contributed by atoms with Gasteiger partial charge < -0.3 is 0 Å². The smallest absolute Gasteiger partial charge is 0.0125 e. The fourth-order valence-electron chi connectivity index (χ4n) is 1.96. The SMILES string of the molecule is CCCC1C=C[CH]c2ccccc21. The van der Waals surface area contributed by atoms with Crippen molar-refractivity contribution in [3.8, 4) is 0 Å². The van der Waals surface area contributed by atoms with Crippen molar-refractivity contribution in [1.82, 2.24) is 0 Å². The molecule has 0 amide bonds. The zero-order valence-electron chi connectivity index (χ0n) is 8.03. The maximum atomic E-state index is 2.31. The first-order valence-corrected chi connectivity index (χ1v) is 5.02. The zero-order valence-corrected chi connectivity index (χ0v) is 8.03. The molecule has 0 N–H and O–H groups in total. The van der Waals surface area contributed by atoms with Crippen LogP contribution in [0, 0.1) is 6.42 Å². The molecule has 0 heterocycles. The van der Waals surface area contributed by atoms with E-state index in [9.17, 15) is 0 Å². The lowest BCUT2D eigenvalue weighted by Gasteiger charge is -2.19. The third-order valence-electron chi connectivity index (χ3n) is 2.61. The van der Waals surface area contributed by atoms with E-state index >= 15 is 0 Å². The molecule has 0 aliphatic heterocycles. The summed E-state index contributed by atoms with van der Waals surface area (Å²) in [7, 11) is 0. The highest BCUT2D eigenvalue weighted by Crippen LogP contribution is 2.30. The van der Waals surface area contributed by atoms with Gasteiger partial charge in [-0.1, -0.05) is 49.8 Å². The molecule has 0 fully saturated rings. The zero-order chi connectivity index (χ0) is 9.10. The summed E-state index contributed by atoms with van der Waals surface area (Å²) in [5.41, 5.74) is 2.88. The standard InChI is InChI=1S/C13H15/c1-2-6-11-8-5-9-12-7-3-4-10-13(11)12/h3-5,7-11H,2,6H2,1H3. The number of rotatable bonds is 2. The van der Waals surface area contributed by atoms with Crippen LogP contribution in [-0.4, -0.2) is 0 Å². The van der Waals surface area contributed by atoms with E-state index in [1.807, 2.05) is 0 Å². The summed E-state index contributed by atoms with van der Waals surface area (Å²) in [5.74, 6) is 0.645. The lowest BCUT2D eigenvalue weighted by molar-refractivity contribution is 0.709. The molecule has 1 radical (unpaired) electrons. The Labute approximate surface area is 80.3 Å². The van der Waals surface area contributed by atoms with Crippen LogP contribution in [0.5, 0.6) is 0 Å². The monoisotopic (exact) mass is 171 g/mol. The van der Waals surface area contributed by atoms with E-state index < -0.39 is 0 Å². The summed E-state index contributed by atoms with van der Waals surface area (Å²) in [5, 5.41) is 0. The van der Waals surface area contributed by atoms with Crippen molar-refractivity contribution in [3.63, 3.8) is 0 Å². The molecule has 1 aliphatic rings. The van der Waals surface area contributed by atoms with Crippen LogP contribution in [-0.2, 0) is 0 Å². The van der Waals surface area contributed by atoms with Crippen LogP contribution in [0.3, 0.4) is 0 Å². The van der Waals surface area contributed by atoms with Gasteiger partial charge in [0.05, 0.1) is 0 Å². The first-order valence-electron chi connectivity index (χ1n) is 5.02. The third-order valence-corrected chi connectivity index (χ3v) is 2.61. The largest absolute Gasteiger partial charge is 0.0804 e. The van der Waals surface area contributed by atoms with Gasteiger partial charge in [-0.15, -0.1) is 0 Å². The van der Waals surface area contributed by atoms with E-state index in [2.05, 4.69) is 49.8 Å². The normalized spacial score (nSPS) is 19.9. The second kappa shape index (κ2) is 3.78. The fourth-order valence-corrected chi connectivity index (χ4v) is 1.96. The van der Waals surface area contributed by atoms with Gasteiger partial charge >= 0.3 is 0 Å². The van der Waals surface area contributed by atoms with Crippen molar-refractivity contribution in [2.45, 2.75) is 25.7 Å². The Hall–Kier alpha value is -1.04. The maximum absolute atomic E-state index is 2.31. The quantitative estimate of drug-likeness (QED) is 0.636. The van der Waals surface area contributed by atoms with Gasteiger partial charge in [0.1, 0.15) is 0 Å². The summed E-state index contributed by atoms with van der Waals surface area (Å²) < 4.78 is 0. The van der Waals surface area contributed by atoms with Gasteiger partial charge in [-0.05, 0) is 17.5 Å². The molecule has 0 aromatic heterocycles. The minimum atomic E-state index is 0.645. The predicted molar refractivity (Wildman–Crippen MR) is 56.6 cm³/mol. The molecule has 2 rings (SSSR count). The van der Waals surface area contributed by atoms with Gasteiger partial charge in [-0.25, -0.2) is 0 Å². The molecule has 0 saturated carbocycles. The van der Waals surface area contributed by atoms with E-state index in [4.69, 9.17) is 0 Å². The second-order valence-electron chi connectivity index (χ2n) is 3.58. The lowest BCUT2D eigenvalue weighted by atomic mass is 9.85. The molecule has 0 spiro atoms. The Morgan fingerprint density at radius 2 is 2.08 bits per heavy atom. The second-order valence-corrected chi connectivity index (χ2v) is 3.58. The number of allylic oxidation sites excluding steroid dienone is 2. The van der Waals surface area contributed by atoms with Crippen LogP contribution in [0.2, 0.25) is 0 Å². The number of benzene rings is 1. The van der Waals surface area contributed by atoms with Crippen LogP contribution >= 0.6 is 0 Å². The van der Waals surface area contributed by atoms with Gasteiger partial charge in [-0.3, -0.25) is 0 Å². The summed E-state index contributed by atoms with van der Waals surface area (Å²) in [6.07, 6.45) is 9.21. The summed E-state index contributed by atoms with van der Waals surface area (Å²) in [4.78, 5) is 0. The Morgan fingerprint density at radius 3 is 2.92 bits per heavy atom. The van der Waals surface area contributed by atoms with Crippen LogP contribution in [0.25, 0.3) is 0 Å². The van der Waals surface area contributed by atoms with Gasteiger partial charge in [-0.2, -0.15) is 0 Å². The highest BCUT2D eigenvalue weighted by atomic mass is 14.2. The van der Waals surface area contributed by atoms with Gasteiger partial charge in [0.2, 0.25) is 0 Å². The van der Waals surface area contributed by atoms with Gasteiger partial charge in [0.15, 0.2) is 0 Å². The lowest BCUT2D eigenvalue weighted by Crippen LogP contribution is -2.02.